The van der Waals surface area contributed by atoms with Crippen LogP contribution < -0.4 is 15.4 Å². The molecule has 1 saturated heterocycles. The average Bonchev–Trinajstić information content (AvgIpc) is 2.88. The number of likely N-dealkylation sites (tertiary alicyclic amines) is 1. The monoisotopic (exact) mass is 374 g/mol. The highest BCUT2D eigenvalue weighted by Crippen LogP contribution is 2.11. The van der Waals surface area contributed by atoms with Gasteiger partial charge in [-0.1, -0.05) is 24.6 Å². The second-order valence-electron chi connectivity index (χ2n) is 6.93. The molecule has 0 spiro atoms. The van der Waals surface area contributed by atoms with Crippen LogP contribution in [0.15, 0.2) is 35.3 Å². The summed E-state index contributed by atoms with van der Waals surface area (Å²) >= 11 is 0. The molecule has 1 aliphatic rings. The number of amides is 1. The van der Waals surface area contributed by atoms with E-state index in [0.717, 1.165) is 57.2 Å². The van der Waals surface area contributed by atoms with Gasteiger partial charge in [-0.3, -0.25) is 4.79 Å². The molecule has 27 heavy (non-hydrogen) atoms. The Labute approximate surface area is 163 Å². The van der Waals surface area contributed by atoms with Crippen molar-refractivity contribution in [2.24, 2.45) is 4.99 Å². The Balaban J connectivity index is 1.71. The van der Waals surface area contributed by atoms with Crippen LogP contribution in [-0.4, -0.2) is 55.6 Å². The number of rotatable bonds is 9. The molecule has 150 valence electrons. The first-order chi connectivity index (χ1) is 13.2. The number of carbonyl (C=O) groups excluding carboxylic acids is 1. The van der Waals surface area contributed by atoms with Gasteiger partial charge in [0.25, 0.3) is 0 Å². The second kappa shape index (κ2) is 12.2. The highest BCUT2D eigenvalue weighted by atomic mass is 16.5. The van der Waals surface area contributed by atoms with Gasteiger partial charge in [-0.25, -0.2) is 4.99 Å². The molecular weight excluding hydrogens is 340 g/mol. The molecule has 1 unspecified atom stereocenters. The maximum Gasteiger partial charge on any atom is 0.222 e. The van der Waals surface area contributed by atoms with Crippen LogP contribution in [-0.2, 0) is 4.79 Å². The summed E-state index contributed by atoms with van der Waals surface area (Å²) in [7, 11) is 0. The molecular formula is C21H34N4O2. The zero-order valence-electron chi connectivity index (χ0n) is 16.7. The summed E-state index contributed by atoms with van der Waals surface area (Å²) in [5.74, 6) is 1.96. The Morgan fingerprint density at radius 3 is 2.81 bits per heavy atom. The van der Waals surface area contributed by atoms with Gasteiger partial charge in [-0.2, -0.15) is 0 Å². The third kappa shape index (κ3) is 8.33. The van der Waals surface area contributed by atoms with Gasteiger partial charge in [0, 0.05) is 32.6 Å². The molecule has 0 bridgehead atoms. The fourth-order valence-electron chi connectivity index (χ4n) is 3.08. The molecule has 1 aliphatic heterocycles. The molecule has 2 rings (SSSR count). The van der Waals surface area contributed by atoms with E-state index in [9.17, 15) is 4.79 Å². The lowest BCUT2D eigenvalue weighted by Crippen LogP contribution is -2.40. The smallest absolute Gasteiger partial charge is 0.222 e. The lowest BCUT2D eigenvalue weighted by molar-refractivity contribution is -0.130. The maximum atomic E-state index is 12.0. The van der Waals surface area contributed by atoms with Gasteiger partial charge in [-0.05, 0) is 45.2 Å². The number of guanidine groups is 1. The predicted octanol–water partition coefficient (Wildman–Crippen LogP) is 2.80. The summed E-state index contributed by atoms with van der Waals surface area (Å²) in [5, 5.41) is 6.62. The van der Waals surface area contributed by atoms with Gasteiger partial charge in [-0.15, -0.1) is 0 Å². The summed E-state index contributed by atoms with van der Waals surface area (Å²) < 4.78 is 5.86. The molecule has 0 aliphatic carbocycles. The highest BCUT2D eigenvalue weighted by molar-refractivity contribution is 5.79. The Bertz CT molecular complexity index is 577. The standard InChI is InChI=1S/C21H34N4O2/c1-3-22-21(24-17-18(2)27-19-11-6-4-7-12-19)23-14-10-16-25-15-9-5-8-13-20(25)26/h4,6-7,11-12,18H,3,5,8-10,13-17H2,1-2H3,(H2,22,23,24). The Morgan fingerprint density at radius 1 is 1.22 bits per heavy atom. The number of hydrogen-bond acceptors (Lipinski definition) is 3. The van der Waals surface area contributed by atoms with Crippen molar-refractivity contribution >= 4 is 11.9 Å². The van der Waals surface area contributed by atoms with Crippen molar-refractivity contribution in [3.63, 3.8) is 0 Å². The van der Waals surface area contributed by atoms with Gasteiger partial charge >= 0.3 is 0 Å². The maximum absolute atomic E-state index is 12.0. The van der Waals surface area contributed by atoms with E-state index in [1.807, 2.05) is 42.2 Å². The fraction of sp³-hybridized carbons (Fsp3) is 0.619. The molecule has 0 aromatic heterocycles. The number of aliphatic imine (C=N–C) groups is 1. The van der Waals surface area contributed by atoms with E-state index in [1.54, 1.807) is 0 Å². The quantitative estimate of drug-likeness (QED) is 0.396. The fourth-order valence-corrected chi connectivity index (χ4v) is 3.08. The Hall–Kier alpha value is -2.24. The summed E-state index contributed by atoms with van der Waals surface area (Å²) in [6.07, 6.45) is 4.96. The lowest BCUT2D eigenvalue weighted by atomic mass is 10.2. The van der Waals surface area contributed by atoms with Gasteiger partial charge in [0.1, 0.15) is 11.9 Å². The average molecular weight is 375 g/mol. The third-order valence-electron chi connectivity index (χ3n) is 4.50. The van der Waals surface area contributed by atoms with Crippen LogP contribution in [0.4, 0.5) is 0 Å². The Morgan fingerprint density at radius 2 is 2.04 bits per heavy atom. The van der Waals surface area contributed by atoms with Crippen molar-refractivity contribution < 1.29 is 9.53 Å². The van der Waals surface area contributed by atoms with Crippen molar-refractivity contribution in [1.29, 1.82) is 0 Å². The van der Waals surface area contributed by atoms with Gasteiger partial charge in [0.15, 0.2) is 5.96 Å². The van der Waals surface area contributed by atoms with Crippen LogP contribution in [0, 0.1) is 0 Å². The summed E-state index contributed by atoms with van der Waals surface area (Å²) in [6, 6.07) is 9.81. The molecule has 1 amide bonds. The summed E-state index contributed by atoms with van der Waals surface area (Å²) in [5.41, 5.74) is 0. The summed E-state index contributed by atoms with van der Waals surface area (Å²) in [6.45, 7) is 7.98. The molecule has 1 atom stereocenters. The molecule has 2 N–H and O–H groups in total. The van der Waals surface area contributed by atoms with Crippen molar-refractivity contribution in [1.82, 2.24) is 15.5 Å². The topological polar surface area (TPSA) is 66.0 Å². The predicted molar refractivity (Wildman–Crippen MR) is 110 cm³/mol. The lowest BCUT2D eigenvalue weighted by Gasteiger charge is -2.21. The molecule has 1 aromatic rings. The molecule has 0 radical (unpaired) electrons. The van der Waals surface area contributed by atoms with Crippen LogP contribution in [0.5, 0.6) is 5.75 Å². The van der Waals surface area contributed by atoms with Crippen LogP contribution in [0.25, 0.3) is 0 Å². The molecule has 1 heterocycles. The van der Waals surface area contributed by atoms with E-state index < -0.39 is 0 Å². The molecule has 0 saturated carbocycles. The van der Waals surface area contributed by atoms with E-state index in [1.165, 1.54) is 6.42 Å². The number of para-hydroxylation sites is 1. The summed E-state index contributed by atoms with van der Waals surface area (Å²) in [4.78, 5) is 18.6. The SMILES string of the molecule is CCNC(=NCC(C)Oc1ccccc1)NCCCN1CCCCCC1=O. The van der Waals surface area contributed by atoms with Gasteiger partial charge in [0.2, 0.25) is 5.91 Å². The van der Waals surface area contributed by atoms with Crippen LogP contribution >= 0.6 is 0 Å². The minimum absolute atomic E-state index is 0.00224. The normalized spacial score (nSPS) is 16.6. The number of hydrogen-bond donors (Lipinski definition) is 2. The first-order valence-corrected chi connectivity index (χ1v) is 10.2. The highest BCUT2D eigenvalue weighted by Gasteiger charge is 2.15. The van der Waals surface area contributed by atoms with Crippen molar-refractivity contribution in [2.75, 3.05) is 32.7 Å². The minimum Gasteiger partial charge on any atom is -0.489 e. The first kappa shape index (κ1) is 21.1. The van der Waals surface area contributed by atoms with Crippen molar-refractivity contribution in [3.05, 3.63) is 30.3 Å². The van der Waals surface area contributed by atoms with Crippen molar-refractivity contribution in [3.8, 4) is 5.75 Å². The van der Waals surface area contributed by atoms with E-state index in [2.05, 4.69) is 22.5 Å². The van der Waals surface area contributed by atoms with Crippen LogP contribution in [0.1, 0.15) is 46.0 Å². The zero-order valence-corrected chi connectivity index (χ0v) is 16.7. The molecule has 6 heteroatoms. The molecule has 1 fully saturated rings. The van der Waals surface area contributed by atoms with Crippen LogP contribution in [0.3, 0.4) is 0 Å². The van der Waals surface area contributed by atoms with Crippen LogP contribution in [0.2, 0.25) is 0 Å². The third-order valence-corrected chi connectivity index (χ3v) is 4.50. The van der Waals surface area contributed by atoms with E-state index in [-0.39, 0.29) is 6.10 Å². The van der Waals surface area contributed by atoms with E-state index in [4.69, 9.17) is 4.74 Å². The number of carbonyl (C=O) groups is 1. The van der Waals surface area contributed by atoms with Gasteiger partial charge in [0.05, 0.1) is 6.54 Å². The largest absolute Gasteiger partial charge is 0.489 e. The Kier molecular flexibility index (Phi) is 9.52. The van der Waals surface area contributed by atoms with Gasteiger partial charge < -0.3 is 20.3 Å². The minimum atomic E-state index is -0.00224. The van der Waals surface area contributed by atoms with E-state index >= 15 is 0 Å². The molecule has 1 aromatic carbocycles. The number of ether oxygens (including phenoxy) is 1. The second-order valence-corrected chi connectivity index (χ2v) is 6.93. The number of nitrogens with zero attached hydrogens (tertiary/aromatic N) is 2. The molecule has 6 nitrogen and oxygen atoms in total. The van der Waals surface area contributed by atoms with E-state index in [0.29, 0.717) is 18.9 Å². The number of nitrogens with one attached hydrogen (secondary N) is 2. The zero-order chi connectivity index (χ0) is 19.3. The first-order valence-electron chi connectivity index (χ1n) is 10.2. The number of benzene rings is 1. The van der Waals surface area contributed by atoms with Crippen molar-refractivity contribution in [2.45, 2.75) is 52.1 Å².